The second kappa shape index (κ2) is 5.80. The molecule has 0 heterocycles. The number of nitrogens with two attached hydrogens (primary N) is 1. The highest BCUT2D eigenvalue weighted by Gasteiger charge is 2.13. The number of halogens is 3. The van der Waals surface area contributed by atoms with Crippen molar-refractivity contribution < 1.29 is 17.5 Å². The third-order valence-corrected chi connectivity index (χ3v) is 4.37. The molecule has 0 spiro atoms. The van der Waals surface area contributed by atoms with Crippen LogP contribution in [-0.4, -0.2) is 8.42 Å². The van der Waals surface area contributed by atoms with Gasteiger partial charge in [-0.15, -0.1) is 0 Å². The predicted molar refractivity (Wildman–Crippen MR) is 79.7 cm³/mol. The Bertz CT molecular complexity index is 765. The van der Waals surface area contributed by atoms with Gasteiger partial charge in [-0.25, -0.2) is 17.9 Å². The molecule has 2 N–H and O–H groups in total. The van der Waals surface area contributed by atoms with Gasteiger partial charge in [0.15, 0.2) is 11.6 Å². The number of sulfonamides is 1. The summed E-state index contributed by atoms with van der Waals surface area (Å²) in [6.45, 7) is 0. The Morgan fingerprint density at radius 3 is 2.25 bits per heavy atom. The maximum Gasteiger partial charge on any atom is 0.238 e. The number of rotatable bonds is 3. The quantitative estimate of drug-likeness (QED) is 0.814. The Labute approximate surface area is 132 Å². The van der Waals surface area contributed by atoms with Crippen LogP contribution in [0.25, 0.3) is 0 Å². The van der Waals surface area contributed by atoms with Crippen LogP contribution in [0.5, 0.6) is 11.5 Å². The number of ether oxygens (including phenoxy) is 1. The lowest BCUT2D eigenvalue weighted by atomic mass is 10.3. The minimum atomic E-state index is -3.79. The van der Waals surface area contributed by atoms with Crippen LogP contribution < -0.4 is 9.88 Å². The predicted octanol–water partition coefficient (Wildman–Crippen LogP) is 3.79. The van der Waals surface area contributed by atoms with E-state index in [4.69, 9.17) is 9.88 Å². The van der Waals surface area contributed by atoms with Crippen LogP contribution >= 0.6 is 31.9 Å². The fourth-order valence-electron chi connectivity index (χ4n) is 1.42. The molecular formula is C12H8Br2FNO3S. The molecule has 2 rings (SSSR count). The van der Waals surface area contributed by atoms with Gasteiger partial charge in [0.25, 0.3) is 0 Å². The van der Waals surface area contributed by atoms with E-state index in [-0.39, 0.29) is 16.4 Å². The molecule has 0 bridgehead atoms. The molecule has 20 heavy (non-hydrogen) atoms. The number of primary sulfonamides is 1. The van der Waals surface area contributed by atoms with E-state index in [1.54, 1.807) is 6.07 Å². The van der Waals surface area contributed by atoms with E-state index in [2.05, 4.69) is 31.9 Å². The zero-order valence-electron chi connectivity index (χ0n) is 9.81. The highest BCUT2D eigenvalue weighted by molar-refractivity contribution is 9.10. The van der Waals surface area contributed by atoms with Gasteiger partial charge in [0.1, 0.15) is 5.75 Å². The first-order chi connectivity index (χ1) is 9.27. The first-order valence-corrected chi connectivity index (χ1v) is 8.36. The zero-order valence-corrected chi connectivity index (χ0v) is 13.8. The lowest BCUT2D eigenvalue weighted by Gasteiger charge is -2.09. The number of hydrogen-bond donors (Lipinski definition) is 1. The van der Waals surface area contributed by atoms with Crippen LogP contribution in [-0.2, 0) is 10.0 Å². The van der Waals surface area contributed by atoms with E-state index in [1.807, 2.05) is 0 Å². The molecule has 0 aliphatic heterocycles. The normalized spacial score (nSPS) is 11.4. The molecule has 0 unspecified atom stereocenters. The van der Waals surface area contributed by atoms with Gasteiger partial charge in [-0.3, -0.25) is 0 Å². The highest BCUT2D eigenvalue weighted by Crippen LogP contribution is 2.33. The van der Waals surface area contributed by atoms with E-state index < -0.39 is 15.8 Å². The second-order valence-corrected chi connectivity index (χ2v) is 7.15. The zero-order chi connectivity index (χ0) is 14.9. The minimum Gasteiger partial charge on any atom is -0.453 e. The topological polar surface area (TPSA) is 69.4 Å². The summed E-state index contributed by atoms with van der Waals surface area (Å²) in [6.07, 6.45) is 0. The van der Waals surface area contributed by atoms with Gasteiger partial charge in [0.2, 0.25) is 10.0 Å². The largest absolute Gasteiger partial charge is 0.453 e. The Balaban J connectivity index is 2.35. The molecule has 0 saturated heterocycles. The molecule has 0 saturated carbocycles. The van der Waals surface area contributed by atoms with Gasteiger partial charge >= 0.3 is 0 Å². The van der Waals surface area contributed by atoms with Crippen molar-refractivity contribution in [2.24, 2.45) is 5.14 Å². The highest BCUT2D eigenvalue weighted by atomic mass is 79.9. The molecule has 0 amide bonds. The summed E-state index contributed by atoms with van der Waals surface area (Å²) >= 11 is 6.30. The van der Waals surface area contributed by atoms with Crippen molar-refractivity contribution in [2.75, 3.05) is 0 Å². The molecule has 0 radical (unpaired) electrons. The Morgan fingerprint density at radius 1 is 1.05 bits per heavy atom. The standard InChI is InChI=1S/C12H8Br2FNO3S/c13-7-1-3-12(10(15)5-7)19-11-4-2-8(6-9(11)14)20(16,17)18/h1-6H,(H2,16,17,18). The number of hydrogen-bond acceptors (Lipinski definition) is 3. The minimum absolute atomic E-state index is 0.0252. The van der Waals surface area contributed by atoms with Crippen LogP contribution in [0.4, 0.5) is 4.39 Å². The summed E-state index contributed by atoms with van der Waals surface area (Å²) in [5.41, 5.74) is 0. The molecule has 0 aliphatic rings. The molecule has 0 fully saturated rings. The van der Waals surface area contributed by atoms with Crippen molar-refractivity contribution in [3.63, 3.8) is 0 Å². The van der Waals surface area contributed by atoms with E-state index in [0.29, 0.717) is 8.95 Å². The van der Waals surface area contributed by atoms with Crippen LogP contribution in [0.15, 0.2) is 50.2 Å². The van der Waals surface area contributed by atoms with Crippen molar-refractivity contribution in [2.45, 2.75) is 4.90 Å². The fourth-order valence-corrected chi connectivity index (χ4v) is 2.90. The Hall–Kier alpha value is -0.960. The van der Waals surface area contributed by atoms with Crippen LogP contribution in [0.2, 0.25) is 0 Å². The fraction of sp³-hybridized carbons (Fsp3) is 0. The SMILES string of the molecule is NS(=O)(=O)c1ccc(Oc2ccc(Br)cc2F)c(Br)c1. The van der Waals surface area contributed by atoms with E-state index >= 15 is 0 Å². The van der Waals surface area contributed by atoms with E-state index in [1.165, 1.54) is 30.3 Å². The molecule has 0 aliphatic carbocycles. The molecule has 106 valence electrons. The first kappa shape index (κ1) is 15.4. The second-order valence-electron chi connectivity index (χ2n) is 3.81. The van der Waals surface area contributed by atoms with Gasteiger partial charge in [-0.1, -0.05) is 15.9 Å². The maximum absolute atomic E-state index is 13.7. The van der Waals surface area contributed by atoms with Crippen molar-refractivity contribution in [1.29, 1.82) is 0 Å². The summed E-state index contributed by atoms with van der Waals surface area (Å²) in [7, 11) is -3.79. The first-order valence-electron chi connectivity index (χ1n) is 5.22. The molecule has 2 aromatic carbocycles. The molecule has 2 aromatic rings. The average molecular weight is 425 g/mol. The Kier molecular flexibility index (Phi) is 4.48. The van der Waals surface area contributed by atoms with Crippen molar-refractivity contribution in [3.05, 3.63) is 51.2 Å². The Morgan fingerprint density at radius 2 is 1.70 bits per heavy atom. The third-order valence-electron chi connectivity index (χ3n) is 2.35. The van der Waals surface area contributed by atoms with E-state index in [0.717, 1.165) is 0 Å². The van der Waals surface area contributed by atoms with Crippen LogP contribution in [0.3, 0.4) is 0 Å². The van der Waals surface area contributed by atoms with Crippen LogP contribution in [0, 0.1) is 5.82 Å². The summed E-state index contributed by atoms with van der Waals surface area (Å²) in [6, 6.07) is 8.32. The molecule has 0 atom stereocenters. The van der Waals surface area contributed by atoms with Gasteiger partial charge in [-0.05, 0) is 52.3 Å². The monoisotopic (exact) mass is 423 g/mol. The van der Waals surface area contributed by atoms with Gasteiger partial charge < -0.3 is 4.74 Å². The number of benzene rings is 2. The lowest BCUT2D eigenvalue weighted by molar-refractivity contribution is 0.439. The maximum atomic E-state index is 13.7. The molecule has 4 nitrogen and oxygen atoms in total. The summed E-state index contributed by atoms with van der Waals surface area (Å²) in [4.78, 5) is -0.0620. The van der Waals surface area contributed by atoms with Gasteiger partial charge in [0.05, 0.1) is 9.37 Å². The summed E-state index contributed by atoms with van der Waals surface area (Å²) in [5, 5.41) is 5.01. The summed E-state index contributed by atoms with van der Waals surface area (Å²) in [5.74, 6) is -0.238. The molecule has 0 aromatic heterocycles. The lowest BCUT2D eigenvalue weighted by Crippen LogP contribution is -2.11. The van der Waals surface area contributed by atoms with Crippen LogP contribution in [0.1, 0.15) is 0 Å². The average Bonchev–Trinajstić information content (AvgIpc) is 2.33. The van der Waals surface area contributed by atoms with Gasteiger partial charge in [-0.2, -0.15) is 0 Å². The smallest absolute Gasteiger partial charge is 0.238 e. The summed E-state index contributed by atoms with van der Waals surface area (Å²) < 4.78 is 42.4. The van der Waals surface area contributed by atoms with Crippen molar-refractivity contribution in [3.8, 4) is 11.5 Å². The molecule has 8 heteroatoms. The van der Waals surface area contributed by atoms with Gasteiger partial charge in [0, 0.05) is 4.47 Å². The van der Waals surface area contributed by atoms with Crippen molar-refractivity contribution >= 4 is 41.9 Å². The molecular weight excluding hydrogens is 417 g/mol. The van der Waals surface area contributed by atoms with Crippen molar-refractivity contribution in [1.82, 2.24) is 0 Å². The van der Waals surface area contributed by atoms with E-state index in [9.17, 15) is 12.8 Å². The third kappa shape index (κ3) is 3.57.